The van der Waals surface area contributed by atoms with Crippen LogP contribution in [0.15, 0.2) is 22.7 Å². The molecule has 2 aliphatic rings. The van der Waals surface area contributed by atoms with Crippen LogP contribution in [0.3, 0.4) is 0 Å². The molecule has 1 saturated carbocycles. The fourth-order valence-corrected chi connectivity index (χ4v) is 3.76. The molecule has 1 aliphatic carbocycles. The molecule has 1 aromatic rings. The minimum absolute atomic E-state index is 0.0181. The first-order chi connectivity index (χ1) is 8.89. The maximum Gasteiger partial charge on any atom is 0.124 e. The van der Waals surface area contributed by atoms with Crippen LogP contribution < -0.4 is 10.5 Å². The second-order valence-electron chi connectivity index (χ2n) is 6.94. The SMILES string of the molecule is CC1(C)CCC2(CC1)C[C@H](N)c1cc(Br)ccc1O2. The summed E-state index contributed by atoms with van der Waals surface area (Å²) in [4.78, 5) is 0. The lowest BCUT2D eigenvalue weighted by atomic mass is 9.68. The van der Waals surface area contributed by atoms with Crippen molar-refractivity contribution < 1.29 is 4.74 Å². The third-order valence-electron chi connectivity index (χ3n) is 4.80. The summed E-state index contributed by atoms with van der Waals surface area (Å²) in [6.07, 6.45) is 5.66. The number of hydrogen-bond donors (Lipinski definition) is 1. The molecule has 1 aromatic carbocycles. The van der Waals surface area contributed by atoms with Gasteiger partial charge < -0.3 is 10.5 Å². The molecule has 0 unspecified atom stereocenters. The van der Waals surface area contributed by atoms with Gasteiger partial charge in [-0.25, -0.2) is 0 Å². The van der Waals surface area contributed by atoms with Gasteiger partial charge in [0.15, 0.2) is 0 Å². The van der Waals surface area contributed by atoms with Crippen LogP contribution in [0.2, 0.25) is 0 Å². The Kier molecular flexibility index (Phi) is 3.18. The quantitative estimate of drug-likeness (QED) is 0.759. The summed E-state index contributed by atoms with van der Waals surface area (Å²) in [5.74, 6) is 0.988. The van der Waals surface area contributed by atoms with Gasteiger partial charge in [0.25, 0.3) is 0 Å². The smallest absolute Gasteiger partial charge is 0.124 e. The molecular formula is C16H22BrNO. The van der Waals surface area contributed by atoms with E-state index in [2.05, 4.69) is 41.9 Å². The van der Waals surface area contributed by atoms with Crippen molar-refractivity contribution in [2.45, 2.75) is 57.6 Å². The Labute approximate surface area is 123 Å². The molecule has 1 atom stereocenters. The molecule has 0 bridgehead atoms. The van der Waals surface area contributed by atoms with Crippen LogP contribution in [0, 0.1) is 5.41 Å². The second-order valence-corrected chi connectivity index (χ2v) is 7.86. The highest BCUT2D eigenvalue weighted by Gasteiger charge is 2.44. The highest BCUT2D eigenvalue weighted by atomic mass is 79.9. The number of benzene rings is 1. The van der Waals surface area contributed by atoms with Crippen molar-refractivity contribution in [1.29, 1.82) is 0 Å². The molecule has 0 saturated heterocycles. The molecule has 2 N–H and O–H groups in total. The van der Waals surface area contributed by atoms with Crippen molar-refractivity contribution in [2.24, 2.45) is 11.1 Å². The molecular weight excluding hydrogens is 302 g/mol. The van der Waals surface area contributed by atoms with E-state index in [1.165, 1.54) is 12.8 Å². The van der Waals surface area contributed by atoms with Crippen LogP contribution in [0.4, 0.5) is 0 Å². The summed E-state index contributed by atoms with van der Waals surface area (Å²) in [7, 11) is 0. The van der Waals surface area contributed by atoms with Crippen LogP contribution in [-0.2, 0) is 0 Å². The van der Waals surface area contributed by atoms with Gasteiger partial charge in [-0.3, -0.25) is 0 Å². The van der Waals surface area contributed by atoms with Crippen LogP contribution >= 0.6 is 15.9 Å². The largest absolute Gasteiger partial charge is 0.487 e. The Morgan fingerprint density at radius 2 is 1.89 bits per heavy atom. The zero-order valence-electron chi connectivity index (χ0n) is 11.7. The monoisotopic (exact) mass is 323 g/mol. The minimum atomic E-state index is -0.0181. The lowest BCUT2D eigenvalue weighted by molar-refractivity contribution is -0.0260. The maximum absolute atomic E-state index is 6.39. The zero-order chi connectivity index (χ0) is 13.7. The van der Waals surface area contributed by atoms with E-state index in [4.69, 9.17) is 10.5 Å². The average molecular weight is 324 g/mol. The Hall–Kier alpha value is -0.540. The van der Waals surface area contributed by atoms with Crippen molar-refractivity contribution in [3.8, 4) is 5.75 Å². The summed E-state index contributed by atoms with van der Waals surface area (Å²) >= 11 is 3.51. The highest BCUT2D eigenvalue weighted by molar-refractivity contribution is 9.10. The third-order valence-corrected chi connectivity index (χ3v) is 5.30. The van der Waals surface area contributed by atoms with Gasteiger partial charge in [-0.2, -0.15) is 0 Å². The van der Waals surface area contributed by atoms with Gasteiger partial charge in [-0.1, -0.05) is 29.8 Å². The van der Waals surface area contributed by atoms with E-state index >= 15 is 0 Å². The van der Waals surface area contributed by atoms with E-state index in [-0.39, 0.29) is 11.6 Å². The van der Waals surface area contributed by atoms with Crippen LogP contribution in [0.1, 0.15) is 57.6 Å². The normalized spacial score (nSPS) is 27.7. The van der Waals surface area contributed by atoms with Gasteiger partial charge in [-0.15, -0.1) is 0 Å². The molecule has 104 valence electrons. The van der Waals surface area contributed by atoms with E-state index < -0.39 is 0 Å². The number of halogens is 1. The summed E-state index contributed by atoms with van der Waals surface area (Å²) < 4.78 is 7.45. The molecule has 1 aliphatic heterocycles. The summed E-state index contributed by atoms with van der Waals surface area (Å²) in [6.45, 7) is 4.71. The fourth-order valence-electron chi connectivity index (χ4n) is 3.38. The predicted octanol–water partition coefficient (Wildman–Crippen LogP) is 4.57. The van der Waals surface area contributed by atoms with Gasteiger partial charge in [0.05, 0.1) is 0 Å². The van der Waals surface area contributed by atoms with Crippen molar-refractivity contribution in [3.05, 3.63) is 28.2 Å². The fraction of sp³-hybridized carbons (Fsp3) is 0.625. The van der Waals surface area contributed by atoms with Gasteiger partial charge >= 0.3 is 0 Å². The number of nitrogens with two attached hydrogens (primary N) is 1. The Balaban J connectivity index is 1.87. The first-order valence-electron chi connectivity index (χ1n) is 7.13. The predicted molar refractivity (Wildman–Crippen MR) is 81.3 cm³/mol. The minimum Gasteiger partial charge on any atom is -0.487 e. The van der Waals surface area contributed by atoms with E-state index in [1.807, 2.05) is 6.07 Å². The molecule has 1 spiro atoms. The van der Waals surface area contributed by atoms with E-state index in [9.17, 15) is 0 Å². The lowest BCUT2D eigenvalue weighted by Gasteiger charge is -2.47. The third kappa shape index (κ3) is 2.55. The molecule has 2 nitrogen and oxygen atoms in total. The molecule has 1 fully saturated rings. The number of rotatable bonds is 0. The number of fused-ring (bicyclic) bond motifs is 1. The van der Waals surface area contributed by atoms with Gasteiger partial charge in [-0.05, 0) is 49.3 Å². The molecule has 0 aromatic heterocycles. The lowest BCUT2D eigenvalue weighted by Crippen LogP contribution is -2.46. The Bertz CT molecular complexity index is 488. The molecule has 0 amide bonds. The summed E-state index contributed by atoms with van der Waals surface area (Å²) in [5.41, 5.74) is 7.97. The zero-order valence-corrected chi connectivity index (χ0v) is 13.3. The number of ether oxygens (including phenoxy) is 1. The van der Waals surface area contributed by atoms with Gasteiger partial charge in [0.2, 0.25) is 0 Å². The van der Waals surface area contributed by atoms with E-state index in [0.717, 1.165) is 35.0 Å². The first kappa shape index (κ1) is 13.4. The van der Waals surface area contributed by atoms with Crippen LogP contribution in [0.25, 0.3) is 0 Å². The molecule has 0 radical (unpaired) electrons. The second kappa shape index (κ2) is 4.49. The van der Waals surface area contributed by atoms with Crippen molar-refractivity contribution in [2.75, 3.05) is 0 Å². The van der Waals surface area contributed by atoms with Crippen molar-refractivity contribution in [1.82, 2.24) is 0 Å². The molecule has 1 heterocycles. The van der Waals surface area contributed by atoms with E-state index in [1.54, 1.807) is 0 Å². The van der Waals surface area contributed by atoms with Gasteiger partial charge in [0, 0.05) is 22.5 Å². The summed E-state index contributed by atoms with van der Waals surface area (Å²) in [6, 6.07) is 6.29. The van der Waals surface area contributed by atoms with E-state index in [0.29, 0.717) is 5.41 Å². The number of hydrogen-bond acceptors (Lipinski definition) is 2. The van der Waals surface area contributed by atoms with Crippen LogP contribution in [0.5, 0.6) is 5.75 Å². The first-order valence-corrected chi connectivity index (χ1v) is 7.93. The standard InChI is InChI=1S/C16H22BrNO/c1-15(2)5-7-16(8-6-15)10-13(18)12-9-11(17)3-4-14(12)19-16/h3-4,9,13H,5-8,10,18H2,1-2H3/t13-/m0/s1. The van der Waals surface area contributed by atoms with Gasteiger partial charge in [0.1, 0.15) is 11.4 Å². The topological polar surface area (TPSA) is 35.2 Å². The molecule has 3 rings (SSSR count). The van der Waals surface area contributed by atoms with Crippen LogP contribution in [-0.4, -0.2) is 5.60 Å². The average Bonchev–Trinajstić information content (AvgIpc) is 2.35. The molecule has 19 heavy (non-hydrogen) atoms. The Morgan fingerprint density at radius 1 is 1.21 bits per heavy atom. The highest BCUT2D eigenvalue weighted by Crippen LogP contribution is 2.49. The maximum atomic E-state index is 6.39. The summed E-state index contributed by atoms with van der Waals surface area (Å²) in [5, 5.41) is 0. The Morgan fingerprint density at radius 3 is 2.58 bits per heavy atom. The molecule has 3 heteroatoms. The van der Waals surface area contributed by atoms with Crippen molar-refractivity contribution in [3.63, 3.8) is 0 Å². The van der Waals surface area contributed by atoms with Crippen molar-refractivity contribution >= 4 is 15.9 Å².